The first-order valence-electron chi connectivity index (χ1n) is 4.98. The summed E-state index contributed by atoms with van der Waals surface area (Å²) < 4.78 is 0. The second-order valence-electron chi connectivity index (χ2n) is 3.31. The van der Waals surface area contributed by atoms with Crippen LogP contribution in [0.25, 0.3) is 0 Å². The van der Waals surface area contributed by atoms with E-state index in [0.29, 0.717) is 0 Å². The highest BCUT2D eigenvalue weighted by atomic mass is 16.1. The van der Waals surface area contributed by atoms with E-state index < -0.39 is 6.17 Å². The average molecular weight is 207 g/mol. The Morgan fingerprint density at radius 3 is 2.60 bits per heavy atom. The van der Waals surface area contributed by atoms with Crippen molar-refractivity contribution in [3.8, 4) is 0 Å². The number of carbonyl (C=O) groups excluding carboxylic acids is 1. The minimum atomic E-state index is -0.450. The lowest BCUT2D eigenvalue weighted by Crippen LogP contribution is -2.50. The molecule has 82 valence electrons. The van der Waals surface area contributed by atoms with Crippen LogP contribution in [0, 0.1) is 0 Å². The molecule has 1 aromatic rings. The van der Waals surface area contributed by atoms with Crippen molar-refractivity contribution < 1.29 is 4.79 Å². The molecule has 0 heterocycles. The summed E-state index contributed by atoms with van der Waals surface area (Å²) in [4.78, 5) is 10.9. The fraction of sp³-hybridized carbons (Fsp3) is 0.364. The second kappa shape index (κ2) is 6.16. The number of amides is 1. The third-order valence-corrected chi connectivity index (χ3v) is 2.18. The summed E-state index contributed by atoms with van der Waals surface area (Å²) in [5.41, 5.74) is 6.40. The molecule has 0 bridgehead atoms. The molecular formula is C11H17N3O. The zero-order chi connectivity index (χ0) is 11.1. The molecule has 0 saturated carbocycles. The summed E-state index contributed by atoms with van der Waals surface area (Å²) in [6, 6.07) is 10.1. The van der Waals surface area contributed by atoms with E-state index in [0.717, 1.165) is 13.0 Å². The van der Waals surface area contributed by atoms with Gasteiger partial charge in [0.25, 0.3) is 0 Å². The lowest BCUT2D eigenvalue weighted by molar-refractivity contribution is -0.120. The van der Waals surface area contributed by atoms with Gasteiger partial charge in [-0.2, -0.15) is 0 Å². The van der Waals surface area contributed by atoms with Crippen molar-refractivity contribution in [3.63, 3.8) is 0 Å². The predicted molar refractivity (Wildman–Crippen MR) is 60.2 cm³/mol. The minimum Gasteiger partial charge on any atom is -0.367 e. The van der Waals surface area contributed by atoms with Crippen molar-refractivity contribution in [2.75, 3.05) is 13.6 Å². The molecule has 0 saturated heterocycles. The molecule has 0 aliphatic carbocycles. The van der Waals surface area contributed by atoms with Gasteiger partial charge in [-0.25, -0.2) is 0 Å². The number of carbonyl (C=O) groups is 1. The molecule has 0 radical (unpaired) electrons. The van der Waals surface area contributed by atoms with Crippen LogP contribution in [-0.2, 0) is 11.2 Å². The van der Waals surface area contributed by atoms with Crippen LogP contribution < -0.4 is 16.4 Å². The highest BCUT2D eigenvalue weighted by Crippen LogP contribution is 1.98. The summed E-state index contributed by atoms with van der Waals surface area (Å²) in [5, 5.41) is 5.83. The summed E-state index contributed by atoms with van der Waals surface area (Å²) in [6.45, 7) is 0.721. The van der Waals surface area contributed by atoms with Crippen LogP contribution in [0.5, 0.6) is 0 Å². The van der Waals surface area contributed by atoms with E-state index in [1.54, 1.807) is 7.05 Å². The Bertz CT molecular complexity index is 300. The smallest absolute Gasteiger partial charge is 0.249 e. The molecule has 1 unspecified atom stereocenters. The topological polar surface area (TPSA) is 67.2 Å². The lowest BCUT2D eigenvalue weighted by atomic mass is 10.1. The molecule has 15 heavy (non-hydrogen) atoms. The largest absolute Gasteiger partial charge is 0.367 e. The van der Waals surface area contributed by atoms with Crippen molar-refractivity contribution in [1.29, 1.82) is 0 Å². The maximum Gasteiger partial charge on any atom is 0.249 e. The van der Waals surface area contributed by atoms with Crippen molar-refractivity contribution in [1.82, 2.24) is 10.6 Å². The molecular weight excluding hydrogens is 190 g/mol. The van der Waals surface area contributed by atoms with E-state index in [1.165, 1.54) is 5.56 Å². The summed E-state index contributed by atoms with van der Waals surface area (Å²) in [7, 11) is 1.70. The molecule has 0 aliphatic rings. The number of primary amides is 1. The van der Waals surface area contributed by atoms with Gasteiger partial charge in [-0.1, -0.05) is 30.3 Å². The fourth-order valence-corrected chi connectivity index (χ4v) is 1.35. The van der Waals surface area contributed by atoms with Crippen LogP contribution in [0.3, 0.4) is 0 Å². The number of likely N-dealkylation sites (N-methyl/N-ethyl adjacent to an activating group) is 1. The van der Waals surface area contributed by atoms with Crippen molar-refractivity contribution >= 4 is 5.91 Å². The second-order valence-corrected chi connectivity index (χ2v) is 3.31. The number of hydrogen-bond donors (Lipinski definition) is 3. The van der Waals surface area contributed by atoms with Crippen molar-refractivity contribution in [2.24, 2.45) is 5.73 Å². The summed E-state index contributed by atoms with van der Waals surface area (Å²) >= 11 is 0. The van der Waals surface area contributed by atoms with E-state index in [1.807, 2.05) is 18.2 Å². The van der Waals surface area contributed by atoms with Gasteiger partial charge in [-0.15, -0.1) is 0 Å². The van der Waals surface area contributed by atoms with Gasteiger partial charge in [-0.05, 0) is 19.0 Å². The summed E-state index contributed by atoms with van der Waals surface area (Å²) in [5.74, 6) is -0.384. The number of nitrogens with two attached hydrogens (primary N) is 1. The lowest BCUT2D eigenvalue weighted by Gasteiger charge is -2.13. The standard InChI is InChI=1S/C11H17N3O/c1-13-11(10(12)15)14-8-7-9-5-3-2-4-6-9/h2-6,11,13-14H,7-8H2,1H3,(H2,12,15). The van der Waals surface area contributed by atoms with E-state index >= 15 is 0 Å². The SMILES string of the molecule is CNC(NCCc1ccccc1)C(N)=O. The third kappa shape index (κ3) is 4.10. The van der Waals surface area contributed by atoms with Crippen LogP contribution >= 0.6 is 0 Å². The molecule has 1 aromatic carbocycles. The molecule has 1 atom stereocenters. The van der Waals surface area contributed by atoms with Gasteiger partial charge in [0.15, 0.2) is 0 Å². The Morgan fingerprint density at radius 2 is 2.07 bits per heavy atom. The van der Waals surface area contributed by atoms with E-state index in [2.05, 4.69) is 22.8 Å². The van der Waals surface area contributed by atoms with Crippen LogP contribution in [0.4, 0.5) is 0 Å². The van der Waals surface area contributed by atoms with Gasteiger partial charge < -0.3 is 5.73 Å². The van der Waals surface area contributed by atoms with E-state index in [-0.39, 0.29) is 5.91 Å². The van der Waals surface area contributed by atoms with Crippen LogP contribution in [0.2, 0.25) is 0 Å². The van der Waals surface area contributed by atoms with E-state index in [4.69, 9.17) is 5.73 Å². The normalized spacial score (nSPS) is 12.3. The highest BCUT2D eigenvalue weighted by molar-refractivity contribution is 5.79. The Kier molecular flexibility index (Phi) is 4.80. The molecule has 1 amide bonds. The average Bonchev–Trinajstić information content (AvgIpc) is 2.25. The monoisotopic (exact) mass is 207 g/mol. The maximum absolute atomic E-state index is 10.9. The molecule has 0 aliphatic heterocycles. The Labute approximate surface area is 89.9 Å². The fourth-order valence-electron chi connectivity index (χ4n) is 1.35. The number of rotatable bonds is 6. The molecule has 0 spiro atoms. The molecule has 1 rings (SSSR count). The zero-order valence-electron chi connectivity index (χ0n) is 8.86. The number of nitrogens with one attached hydrogen (secondary N) is 2. The first-order chi connectivity index (χ1) is 7.24. The van der Waals surface area contributed by atoms with Crippen LogP contribution in [0.1, 0.15) is 5.56 Å². The zero-order valence-corrected chi connectivity index (χ0v) is 8.86. The van der Waals surface area contributed by atoms with Gasteiger partial charge in [0, 0.05) is 6.54 Å². The predicted octanol–water partition coefficient (Wildman–Crippen LogP) is -0.151. The van der Waals surface area contributed by atoms with Crippen LogP contribution in [0.15, 0.2) is 30.3 Å². The Balaban J connectivity index is 2.30. The Morgan fingerprint density at radius 1 is 1.40 bits per heavy atom. The summed E-state index contributed by atoms with van der Waals surface area (Å²) in [6.07, 6.45) is 0.431. The van der Waals surface area contributed by atoms with Gasteiger partial charge in [-0.3, -0.25) is 15.4 Å². The van der Waals surface area contributed by atoms with Gasteiger partial charge >= 0.3 is 0 Å². The molecule has 4 N–H and O–H groups in total. The van der Waals surface area contributed by atoms with E-state index in [9.17, 15) is 4.79 Å². The molecule has 0 aromatic heterocycles. The third-order valence-electron chi connectivity index (χ3n) is 2.18. The van der Waals surface area contributed by atoms with Gasteiger partial charge in [0.1, 0.15) is 6.17 Å². The van der Waals surface area contributed by atoms with Gasteiger partial charge in [0.05, 0.1) is 0 Å². The van der Waals surface area contributed by atoms with Crippen LogP contribution in [-0.4, -0.2) is 25.7 Å². The minimum absolute atomic E-state index is 0.384. The first kappa shape index (κ1) is 11.7. The Hall–Kier alpha value is -1.39. The molecule has 4 nitrogen and oxygen atoms in total. The maximum atomic E-state index is 10.9. The number of benzene rings is 1. The highest BCUT2D eigenvalue weighted by Gasteiger charge is 2.09. The first-order valence-corrected chi connectivity index (χ1v) is 4.98. The van der Waals surface area contributed by atoms with Gasteiger partial charge in [0.2, 0.25) is 5.91 Å². The quantitative estimate of drug-likeness (QED) is 0.568. The number of hydrogen-bond acceptors (Lipinski definition) is 3. The van der Waals surface area contributed by atoms with Crippen molar-refractivity contribution in [2.45, 2.75) is 12.6 Å². The van der Waals surface area contributed by atoms with Crippen molar-refractivity contribution in [3.05, 3.63) is 35.9 Å². The molecule has 4 heteroatoms. The molecule has 0 fully saturated rings.